The Morgan fingerprint density at radius 2 is 1.89 bits per heavy atom. The zero-order valence-corrected chi connectivity index (χ0v) is 10.3. The van der Waals surface area contributed by atoms with E-state index in [-0.39, 0.29) is 0 Å². The fourth-order valence-corrected chi connectivity index (χ4v) is 2.23. The first-order chi connectivity index (χ1) is 9.29. The van der Waals surface area contributed by atoms with E-state index in [1.165, 1.54) is 0 Å². The van der Waals surface area contributed by atoms with Crippen molar-refractivity contribution in [3.8, 4) is 0 Å². The van der Waals surface area contributed by atoms with Gasteiger partial charge in [-0.25, -0.2) is 4.98 Å². The first-order valence-corrected chi connectivity index (χ1v) is 6.33. The average molecular weight is 256 g/mol. The van der Waals surface area contributed by atoms with E-state index in [0.29, 0.717) is 17.2 Å². The highest BCUT2D eigenvalue weighted by Gasteiger charge is 2.28. The third-order valence-corrected chi connectivity index (χ3v) is 3.42. The molecule has 19 heavy (non-hydrogen) atoms. The topological polar surface area (TPSA) is 42.3 Å². The summed E-state index contributed by atoms with van der Waals surface area (Å²) in [6, 6.07) is 11.8. The molecule has 0 saturated heterocycles. The predicted octanol–water partition coefficient (Wildman–Crippen LogP) is 3.95. The molecule has 3 nitrogen and oxygen atoms in total. The molecule has 1 aromatic heterocycles. The quantitative estimate of drug-likeness (QED) is 0.614. The largest absolute Gasteiger partial charge is 0.222 e. The fraction of sp³-hybridized carbons (Fsp3) is 0.267. The van der Waals surface area contributed by atoms with Crippen LogP contribution in [-0.2, 0) is 0 Å². The highest BCUT2D eigenvalue weighted by atomic mass is 19.1. The van der Waals surface area contributed by atoms with Crippen molar-refractivity contribution in [3.63, 3.8) is 0 Å². The molecule has 96 valence electrons. The van der Waals surface area contributed by atoms with E-state index in [1.807, 2.05) is 18.2 Å². The molecular weight excluding hydrogens is 243 g/mol. The van der Waals surface area contributed by atoms with Crippen molar-refractivity contribution >= 4 is 0 Å². The van der Waals surface area contributed by atoms with Crippen LogP contribution in [0.2, 0.25) is 0 Å². The zero-order chi connectivity index (χ0) is 13.2. The molecule has 1 atom stereocenters. The summed E-state index contributed by atoms with van der Waals surface area (Å²) in [6.45, 7) is 0. The van der Waals surface area contributed by atoms with Crippen molar-refractivity contribution in [3.05, 3.63) is 70.1 Å². The van der Waals surface area contributed by atoms with Crippen LogP contribution >= 0.6 is 0 Å². The average Bonchev–Trinajstić information content (AvgIpc) is 3.25. The number of nitroso groups, excluding NO2 is 1. The van der Waals surface area contributed by atoms with Crippen molar-refractivity contribution in [1.82, 2.24) is 4.98 Å². The Bertz CT molecular complexity index is 596. The van der Waals surface area contributed by atoms with Crippen LogP contribution in [0, 0.1) is 10.9 Å². The third-order valence-electron chi connectivity index (χ3n) is 3.42. The van der Waals surface area contributed by atoms with E-state index in [1.54, 1.807) is 24.3 Å². The van der Waals surface area contributed by atoms with Crippen LogP contribution in [0.15, 0.2) is 47.6 Å². The Balaban J connectivity index is 1.95. The molecule has 1 fully saturated rings. The minimum atomic E-state index is -0.746. The van der Waals surface area contributed by atoms with Crippen molar-refractivity contribution in [2.24, 2.45) is 5.18 Å². The second-order valence-corrected chi connectivity index (χ2v) is 4.81. The molecular formula is C15H13FN2O. The van der Waals surface area contributed by atoms with Crippen molar-refractivity contribution in [1.29, 1.82) is 0 Å². The molecule has 1 aromatic carbocycles. The number of rotatable bonds is 4. The minimum Gasteiger partial charge on any atom is -0.222 e. The van der Waals surface area contributed by atoms with Gasteiger partial charge in [-0.15, -0.1) is 4.91 Å². The van der Waals surface area contributed by atoms with Gasteiger partial charge in [0, 0.05) is 5.56 Å². The van der Waals surface area contributed by atoms with E-state index >= 15 is 0 Å². The molecule has 0 N–H and O–H groups in total. The van der Waals surface area contributed by atoms with Crippen LogP contribution in [0.5, 0.6) is 0 Å². The maximum absolute atomic E-state index is 13.9. The highest BCUT2D eigenvalue weighted by molar-refractivity contribution is 5.31. The second-order valence-electron chi connectivity index (χ2n) is 4.81. The Morgan fingerprint density at radius 3 is 2.47 bits per heavy atom. The van der Waals surface area contributed by atoms with Crippen LogP contribution in [0.4, 0.5) is 4.39 Å². The number of halogens is 1. The molecule has 3 rings (SSSR count). The minimum absolute atomic E-state index is 0.306. The zero-order valence-electron chi connectivity index (χ0n) is 10.3. The Kier molecular flexibility index (Phi) is 3.07. The highest BCUT2D eigenvalue weighted by Crippen LogP contribution is 2.41. The molecule has 1 aliphatic rings. The summed E-state index contributed by atoms with van der Waals surface area (Å²) in [5, 5.41) is 3.08. The summed E-state index contributed by atoms with van der Waals surface area (Å²) in [6.07, 6.45) is 2.04. The normalized spacial score (nSPS) is 16.1. The third kappa shape index (κ3) is 2.38. The summed E-state index contributed by atoms with van der Waals surface area (Å²) in [5.74, 6) is -0.162. The smallest absolute Gasteiger partial charge is 0.216 e. The van der Waals surface area contributed by atoms with Gasteiger partial charge in [-0.1, -0.05) is 41.6 Å². The molecule has 0 amide bonds. The first-order valence-electron chi connectivity index (χ1n) is 6.33. The lowest BCUT2D eigenvalue weighted by atomic mass is 10.0. The first kappa shape index (κ1) is 12.0. The number of pyridine rings is 1. The second kappa shape index (κ2) is 4.88. The Labute approximate surface area is 110 Å². The van der Waals surface area contributed by atoms with Gasteiger partial charge in [0.15, 0.2) is 6.04 Å². The van der Waals surface area contributed by atoms with Crippen molar-refractivity contribution in [2.45, 2.75) is 24.8 Å². The summed E-state index contributed by atoms with van der Waals surface area (Å²) >= 11 is 0. The number of hydrogen-bond donors (Lipinski definition) is 0. The number of nitrogens with zero attached hydrogens (tertiary/aromatic N) is 2. The Morgan fingerprint density at radius 1 is 1.16 bits per heavy atom. The van der Waals surface area contributed by atoms with Gasteiger partial charge in [-0.05, 0) is 30.4 Å². The van der Waals surface area contributed by atoms with Crippen LogP contribution in [-0.4, -0.2) is 4.98 Å². The monoisotopic (exact) mass is 256 g/mol. The molecule has 0 aliphatic heterocycles. The van der Waals surface area contributed by atoms with Gasteiger partial charge in [-0.2, -0.15) is 4.39 Å². The SMILES string of the molecule is O=N[C@@H](c1ccccc1)c1ccc(C2CC2)c(F)n1. The molecule has 1 saturated carbocycles. The van der Waals surface area contributed by atoms with Gasteiger partial charge < -0.3 is 0 Å². The fourth-order valence-electron chi connectivity index (χ4n) is 2.23. The maximum Gasteiger partial charge on any atom is 0.216 e. The summed E-state index contributed by atoms with van der Waals surface area (Å²) in [7, 11) is 0. The molecule has 0 unspecified atom stereocenters. The molecule has 2 aromatic rings. The van der Waals surface area contributed by atoms with Gasteiger partial charge in [0.1, 0.15) is 0 Å². The standard InChI is InChI=1S/C15H13FN2O/c16-15-12(10-6-7-10)8-9-13(17-15)14(18-19)11-4-2-1-3-5-11/h1-5,8-10,14H,6-7H2/t14-/m0/s1. The molecule has 1 heterocycles. The van der Waals surface area contributed by atoms with Crippen molar-refractivity contribution in [2.75, 3.05) is 0 Å². The summed E-state index contributed by atoms with van der Waals surface area (Å²) in [5.41, 5.74) is 1.74. The van der Waals surface area contributed by atoms with Gasteiger partial charge in [-0.3, -0.25) is 0 Å². The van der Waals surface area contributed by atoms with Crippen LogP contribution in [0.3, 0.4) is 0 Å². The van der Waals surface area contributed by atoms with Gasteiger partial charge >= 0.3 is 0 Å². The lowest BCUT2D eigenvalue weighted by molar-refractivity contribution is 0.556. The van der Waals surface area contributed by atoms with E-state index in [2.05, 4.69) is 10.2 Å². The van der Waals surface area contributed by atoms with Crippen molar-refractivity contribution < 1.29 is 4.39 Å². The molecule has 1 aliphatic carbocycles. The number of benzene rings is 1. The van der Waals surface area contributed by atoms with E-state index in [9.17, 15) is 9.30 Å². The van der Waals surface area contributed by atoms with Gasteiger partial charge in [0.2, 0.25) is 5.95 Å². The predicted molar refractivity (Wildman–Crippen MR) is 70.3 cm³/mol. The molecule has 4 heteroatoms. The molecule has 0 radical (unpaired) electrons. The van der Waals surface area contributed by atoms with Crippen LogP contribution in [0.1, 0.15) is 41.6 Å². The maximum atomic E-state index is 13.9. The lowest BCUT2D eigenvalue weighted by Crippen LogP contribution is -2.03. The van der Waals surface area contributed by atoms with Crippen LogP contribution in [0.25, 0.3) is 0 Å². The van der Waals surface area contributed by atoms with Crippen LogP contribution < -0.4 is 0 Å². The summed E-state index contributed by atoms with van der Waals surface area (Å²) < 4.78 is 13.9. The lowest BCUT2D eigenvalue weighted by Gasteiger charge is -2.10. The molecule has 0 spiro atoms. The Hall–Kier alpha value is -2.10. The van der Waals surface area contributed by atoms with E-state index in [4.69, 9.17) is 0 Å². The number of aromatic nitrogens is 1. The van der Waals surface area contributed by atoms with E-state index < -0.39 is 12.0 Å². The summed E-state index contributed by atoms with van der Waals surface area (Å²) in [4.78, 5) is 15.0. The number of hydrogen-bond acceptors (Lipinski definition) is 3. The van der Waals surface area contributed by atoms with E-state index in [0.717, 1.165) is 18.4 Å². The van der Waals surface area contributed by atoms with Gasteiger partial charge in [0.05, 0.1) is 5.69 Å². The van der Waals surface area contributed by atoms with Gasteiger partial charge in [0.25, 0.3) is 0 Å². The molecule has 0 bridgehead atoms.